The van der Waals surface area contributed by atoms with Crippen molar-refractivity contribution in [3.63, 3.8) is 0 Å². The van der Waals surface area contributed by atoms with E-state index in [4.69, 9.17) is 0 Å². The molecular weight excluding hydrogens is 517 g/mol. The second kappa shape index (κ2) is 12.0. The van der Waals surface area contributed by atoms with Gasteiger partial charge >= 0.3 is 0 Å². The first kappa shape index (κ1) is 27.5. The molecule has 8 heteroatoms. The van der Waals surface area contributed by atoms with Gasteiger partial charge in [-0.3, -0.25) is 19.3 Å². The van der Waals surface area contributed by atoms with Gasteiger partial charge in [0.15, 0.2) is 0 Å². The molecule has 7 nitrogen and oxygen atoms in total. The third kappa shape index (κ3) is 6.06. The first-order valence-electron chi connectivity index (χ1n) is 13.2. The number of aromatic nitrogens is 3. The Bertz CT molecular complexity index is 1650. The smallest absolute Gasteiger partial charge is 0.270 e. The van der Waals surface area contributed by atoms with Crippen LogP contribution >= 0.6 is 0 Å². The van der Waals surface area contributed by atoms with Crippen LogP contribution in [-0.2, 0) is 11.8 Å². The van der Waals surface area contributed by atoms with Crippen molar-refractivity contribution in [2.45, 2.75) is 25.8 Å². The van der Waals surface area contributed by atoms with Crippen LogP contribution in [0.5, 0.6) is 0 Å². The summed E-state index contributed by atoms with van der Waals surface area (Å²) in [4.78, 5) is 31.6. The minimum Gasteiger partial charge on any atom is -0.338 e. The highest BCUT2D eigenvalue weighted by Crippen LogP contribution is 2.31. The Hall–Kier alpha value is -5.11. The second-order valence-corrected chi connectivity index (χ2v) is 9.91. The molecule has 0 aliphatic carbocycles. The van der Waals surface area contributed by atoms with Gasteiger partial charge in [-0.1, -0.05) is 60.7 Å². The summed E-state index contributed by atoms with van der Waals surface area (Å²) in [5.74, 6) is -1.94. The van der Waals surface area contributed by atoms with Crippen LogP contribution in [0, 0.1) is 19.7 Å². The minimum atomic E-state index is -1.03. The van der Waals surface area contributed by atoms with Crippen molar-refractivity contribution in [3.05, 3.63) is 137 Å². The maximum Gasteiger partial charge on any atom is 0.270 e. The van der Waals surface area contributed by atoms with Gasteiger partial charge in [0.2, 0.25) is 5.91 Å². The summed E-state index contributed by atoms with van der Waals surface area (Å²) in [6, 6.07) is 26.0. The number of rotatable bonds is 8. The van der Waals surface area contributed by atoms with Crippen LogP contribution in [0.3, 0.4) is 0 Å². The first-order valence-corrected chi connectivity index (χ1v) is 13.2. The van der Waals surface area contributed by atoms with Crippen molar-refractivity contribution in [1.29, 1.82) is 0 Å². The SMILES string of the molecule is Cc1cc(-c2ccc(NC(=O)C(NC(=O)c3ccnn3C)C(c3ccccc3)c3ccccc3)cc2F)c(C)cn1. The quantitative estimate of drug-likeness (QED) is 0.257. The summed E-state index contributed by atoms with van der Waals surface area (Å²) in [5.41, 5.74) is 5.05. The molecule has 2 amide bonds. The molecule has 41 heavy (non-hydrogen) atoms. The lowest BCUT2D eigenvalue weighted by molar-refractivity contribution is -0.118. The number of hydrogen-bond donors (Lipinski definition) is 2. The lowest BCUT2D eigenvalue weighted by Gasteiger charge is -2.28. The molecule has 0 spiro atoms. The molecule has 0 aliphatic heterocycles. The number of hydrogen-bond acceptors (Lipinski definition) is 4. The van der Waals surface area contributed by atoms with E-state index in [0.717, 1.165) is 27.9 Å². The molecule has 0 saturated heterocycles. The zero-order valence-corrected chi connectivity index (χ0v) is 23.0. The average molecular weight is 548 g/mol. The van der Waals surface area contributed by atoms with Gasteiger partial charge < -0.3 is 10.6 Å². The maximum atomic E-state index is 15.4. The summed E-state index contributed by atoms with van der Waals surface area (Å²) < 4.78 is 16.8. The van der Waals surface area contributed by atoms with Crippen molar-refractivity contribution < 1.29 is 14.0 Å². The minimum absolute atomic E-state index is 0.277. The van der Waals surface area contributed by atoms with Gasteiger partial charge in [-0.05, 0) is 66.4 Å². The van der Waals surface area contributed by atoms with E-state index < -0.39 is 29.6 Å². The van der Waals surface area contributed by atoms with Crippen LogP contribution in [0.25, 0.3) is 11.1 Å². The van der Waals surface area contributed by atoms with Gasteiger partial charge in [0.25, 0.3) is 5.91 Å². The number of anilines is 1. The third-order valence-electron chi connectivity index (χ3n) is 7.04. The Labute approximate surface area is 238 Å². The number of carbonyl (C=O) groups is 2. The number of aryl methyl sites for hydroxylation is 3. The van der Waals surface area contributed by atoms with Crippen LogP contribution in [0.1, 0.15) is 38.8 Å². The Kier molecular flexibility index (Phi) is 8.01. The lowest BCUT2D eigenvalue weighted by atomic mass is 9.84. The lowest BCUT2D eigenvalue weighted by Crippen LogP contribution is -2.48. The van der Waals surface area contributed by atoms with Gasteiger partial charge in [-0.15, -0.1) is 0 Å². The van der Waals surface area contributed by atoms with E-state index in [1.807, 2.05) is 80.6 Å². The summed E-state index contributed by atoms with van der Waals surface area (Å²) >= 11 is 0. The average Bonchev–Trinajstić information content (AvgIpc) is 3.41. The van der Waals surface area contributed by atoms with Gasteiger partial charge in [-0.2, -0.15) is 5.10 Å². The van der Waals surface area contributed by atoms with E-state index in [2.05, 4.69) is 20.7 Å². The number of nitrogens with zero attached hydrogens (tertiary/aromatic N) is 3. The van der Waals surface area contributed by atoms with Gasteiger partial charge in [0.05, 0.1) is 0 Å². The van der Waals surface area contributed by atoms with Gasteiger partial charge in [-0.25, -0.2) is 4.39 Å². The van der Waals surface area contributed by atoms with Gasteiger partial charge in [0.1, 0.15) is 17.6 Å². The van der Waals surface area contributed by atoms with E-state index >= 15 is 4.39 Å². The van der Waals surface area contributed by atoms with Crippen LogP contribution < -0.4 is 10.6 Å². The standard InChI is InChI=1S/C33H30FN5O2/c1-21-20-35-22(2)18-27(21)26-15-14-25(19-28(26)34)37-33(41)31(38-32(40)29-16-17-36-39(29)3)30(23-10-6-4-7-11-23)24-12-8-5-9-13-24/h4-20,30-31H,1-3H3,(H,37,41)(H,38,40). The van der Waals surface area contributed by atoms with E-state index in [9.17, 15) is 9.59 Å². The van der Waals surface area contributed by atoms with Crippen molar-refractivity contribution in [2.24, 2.45) is 7.05 Å². The van der Waals surface area contributed by atoms with Crippen LogP contribution in [0.15, 0.2) is 103 Å². The summed E-state index contributed by atoms with van der Waals surface area (Å²) in [6.07, 6.45) is 3.23. The molecule has 2 N–H and O–H groups in total. The highest BCUT2D eigenvalue weighted by atomic mass is 19.1. The fourth-order valence-electron chi connectivity index (χ4n) is 4.96. The molecule has 0 saturated carbocycles. The molecule has 3 aromatic carbocycles. The highest BCUT2D eigenvalue weighted by molar-refractivity contribution is 6.01. The first-order chi connectivity index (χ1) is 19.8. The van der Waals surface area contributed by atoms with Crippen molar-refractivity contribution >= 4 is 17.5 Å². The molecule has 2 aromatic heterocycles. The molecule has 1 atom stereocenters. The number of pyridine rings is 1. The second-order valence-electron chi connectivity index (χ2n) is 9.91. The predicted molar refractivity (Wildman–Crippen MR) is 157 cm³/mol. The summed E-state index contributed by atoms with van der Waals surface area (Å²) in [6.45, 7) is 3.73. The van der Waals surface area contributed by atoms with Crippen molar-refractivity contribution in [3.8, 4) is 11.1 Å². The molecular formula is C33H30FN5O2. The highest BCUT2D eigenvalue weighted by Gasteiger charge is 2.33. The van der Waals surface area contributed by atoms with E-state index in [1.54, 1.807) is 31.4 Å². The molecule has 0 radical (unpaired) electrons. The van der Waals surface area contributed by atoms with Crippen molar-refractivity contribution in [1.82, 2.24) is 20.1 Å². The van der Waals surface area contributed by atoms with Crippen LogP contribution in [-0.4, -0.2) is 32.6 Å². The van der Waals surface area contributed by atoms with E-state index in [1.165, 1.54) is 16.9 Å². The Morgan fingerprint density at radius 1 is 0.854 bits per heavy atom. The molecule has 2 heterocycles. The number of nitrogens with one attached hydrogen (secondary N) is 2. The third-order valence-corrected chi connectivity index (χ3v) is 7.04. The maximum absolute atomic E-state index is 15.4. The number of amides is 2. The molecule has 0 fully saturated rings. The molecule has 5 rings (SSSR count). The predicted octanol–water partition coefficient (Wildman–Crippen LogP) is 5.81. The van der Waals surface area contributed by atoms with E-state index in [0.29, 0.717) is 11.3 Å². The fraction of sp³-hybridized carbons (Fsp3) is 0.152. The number of halogens is 1. The zero-order chi connectivity index (χ0) is 28.9. The Morgan fingerprint density at radius 2 is 1.51 bits per heavy atom. The zero-order valence-electron chi connectivity index (χ0n) is 23.0. The topological polar surface area (TPSA) is 88.9 Å². The monoisotopic (exact) mass is 547 g/mol. The molecule has 1 unspecified atom stereocenters. The molecule has 206 valence electrons. The fourth-order valence-corrected chi connectivity index (χ4v) is 4.96. The summed E-state index contributed by atoms with van der Waals surface area (Å²) in [7, 11) is 1.66. The molecule has 5 aromatic rings. The van der Waals surface area contributed by atoms with Crippen LogP contribution in [0.2, 0.25) is 0 Å². The number of benzene rings is 3. The largest absolute Gasteiger partial charge is 0.338 e. The molecule has 0 bridgehead atoms. The van der Waals surface area contributed by atoms with Crippen LogP contribution in [0.4, 0.5) is 10.1 Å². The van der Waals surface area contributed by atoms with E-state index in [-0.39, 0.29) is 5.69 Å². The van der Waals surface area contributed by atoms with Crippen molar-refractivity contribution in [2.75, 3.05) is 5.32 Å². The Morgan fingerprint density at radius 3 is 2.10 bits per heavy atom. The normalized spacial score (nSPS) is 11.7. The molecule has 0 aliphatic rings. The summed E-state index contributed by atoms with van der Waals surface area (Å²) in [5, 5.41) is 9.86. The van der Waals surface area contributed by atoms with Gasteiger partial charge in [0, 0.05) is 42.3 Å². The Balaban J connectivity index is 1.51. The number of carbonyl (C=O) groups excluding carboxylic acids is 2.